The molecule has 0 radical (unpaired) electrons. The van der Waals surface area contributed by atoms with Crippen molar-refractivity contribution < 1.29 is 27.5 Å². The lowest BCUT2D eigenvalue weighted by Gasteiger charge is -2.12. The number of aryl methyl sites for hydroxylation is 1. The van der Waals surface area contributed by atoms with E-state index in [1.54, 1.807) is 6.07 Å². The van der Waals surface area contributed by atoms with Gasteiger partial charge in [0.1, 0.15) is 5.56 Å². The van der Waals surface area contributed by atoms with Gasteiger partial charge in [-0.05, 0) is 18.1 Å². The summed E-state index contributed by atoms with van der Waals surface area (Å²) in [7, 11) is 0. The van der Waals surface area contributed by atoms with Crippen LogP contribution in [0.5, 0.6) is 0 Å². The Bertz CT molecular complexity index is 711. The molecule has 0 aliphatic carbocycles. The molecule has 0 bridgehead atoms. The van der Waals surface area contributed by atoms with E-state index >= 15 is 0 Å². The van der Waals surface area contributed by atoms with Gasteiger partial charge < -0.3 is 5.11 Å². The summed E-state index contributed by atoms with van der Waals surface area (Å²) in [5, 5.41) is 8.94. The summed E-state index contributed by atoms with van der Waals surface area (Å²) in [6.45, 7) is 1.51. The van der Waals surface area contributed by atoms with Gasteiger partial charge in [0.05, 0.1) is 0 Å². The highest BCUT2D eigenvalue weighted by molar-refractivity contribution is 5.97. The highest BCUT2D eigenvalue weighted by Gasteiger charge is 2.30. The highest BCUT2D eigenvalue weighted by atomic mass is 19.2. The fourth-order valence-corrected chi connectivity index (χ4v) is 1.94. The van der Waals surface area contributed by atoms with Crippen LogP contribution in [-0.2, 0) is 0 Å². The molecule has 0 unspecified atom stereocenters. The molecule has 20 heavy (non-hydrogen) atoms. The predicted molar refractivity (Wildman–Crippen MR) is 63.4 cm³/mol. The first-order valence-corrected chi connectivity index (χ1v) is 5.51. The predicted octanol–water partition coefficient (Wildman–Crippen LogP) is 3.92. The van der Waals surface area contributed by atoms with Gasteiger partial charge in [-0.15, -0.1) is 0 Å². The molecular weight excluding hydrogens is 276 g/mol. The second-order valence-electron chi connectivity index (χ2n) is 4.13. The zero-order chi connectivity index (χ0) is 15.0. The zero-order valence-electron chi connectivity index (χ0n) is 10.2. The number of hydrogen-bond donors (Lipinski definition) is 1. The van der Waals surface area contributed by atoms with Crippen molar-refractivity contribution >= 4 is 5.97 Å². The van der Waals surface area contributed by atoms with Crippen LogP contribution in [0.3, 0.4) is 0 Å². The summed E-state index contributed by atoms with van der Waals surface area (Å²) >= 11 is 0. The van der Waals surface area contributed by atoms with Crippen molar-refractivity contribution in [2.75, 3.05) is 0 Å². The molecule has 0 saturated heterocycles. The van der Waals surface area contributed by atoms with Gasteiger partial charge in [0.25, 0.3) is 0 Å². The molecule has 0 fully saturated rings. The molecule has 0 aliphatic heterocycles. The maximum Gasteiger partial charge on any atom is 0.339 e. The summed E-state index contributed by atoms with van der Waals surface area (Å²) in [6, 6.07) is 5.86. The second-order valence-corrected chi connectivity index (χ2v) is 4.13. The number of carboxylic acids is 1. The summed E-state index contributed by atoms with van der Waals surface area (Å²) in [4.78, 5) is 11.0. The number of aromatic carboxylic acids is 1. The third-order valence-corrected chi connectivity index (χ3v) is 2.90. The summed E-state index contributed by atoms with van der Waals surface area (Å²) in [5.74, 6) is -9.70. The SMILES string of the molecule is Cc1ccccc1-c1c(F)c(F)c(F)c(F)c1C(=O)O. The van der Waals surface area contributed by atoms with Crippen LogP contribution in [0.1, 0.15) is 15.9 Å². The van der Waals surface area contributed by atoms with E-state index < -0.39 is 40.4 Å². The van der Waals surface area contributed by atoms with Crippen molar-refractivity contribution in [3.05, 3.63) is 58.7 Å². The van der Waals surface area contributed by atoms with Crippen LogP contribution in [0.25, 0.3) is 11.1 Å². The Hall–Kier alpha value is -2.37. The van der Waals surface area contributed by atoms with E-state index in [2.05, 4.69) is 0 Å². The molecule has 0 amide bonds. The Balaban J connectivity index is 2.96. The molecule has 6 heteroatoms. The van der Waals surface area contributed by atoms with E-state index in [1.165, 1.54) is 25.1 Å². The molecule has 0 aromatic heterocycles. The van der Waals surface area contributed by atoms with Crippen molar-refractivity contribution in [1.29, 1.82) is 0 Å². The van der Waals surface area contributed by atoms with Crippen LogP contribution < -0.4 is 0 Å². The lowest BCUT2D eigenvalue weighted by atomic mass is 9.94. The summed E-state index contributed by atoms with van der Waals surface area (Å²) in [5.41, 5.74) is -1.64. The first kappa shape index (κ1) is 14.0. The largest absolute Gasteiger partial charge is 0.478 e. The van der Waals surface area contributed by atoms with Gasteiger partial charge >= 0.3 is 5.97 Å². The molecule has 0 heterocycles. The Morgan fingerprint density at radius 3 is 2.05 bits per heavy atom. The fraction of sp³-hybridized carbons (Fsp3) is 0.0714. The molecule has 2 aromatic carbocycles. The van der Waals surface area contributed by atoms with Crippen molar-refractivity contribution in [2.24, 2.45) is 0 Å². The highest BCUT2D eigenvalue weighted by Crippen LogP contribution is 2.34. The van der Waals surface area contributed by atoms with Crippen LogP contribution >= 0.6 is 0 Å². The number of hydrogen-bond acceptors (Lipinski definition) is 1. The minimum Gasteiger partial charge on any atom is -0.478 e. The Morgan fingerprint density at radius 2 is 1.50 bits per heavy atom. The smallest absolute Gasteiger partial charge is 0.339 e. The maximum atomic E-state index is 13.9. The number of benzene rings is 2. The molecule has 0 saturated carbocycles. The van der Waals surface area contributed by atoms with Gasteiger partial charge in [-0.2, -0.15) is 0 Å². The van der Waals surface area contributed by atoms with E-state index in [-0.39, 0.29) is 5.56 Å². The van der Waals surface area contributed by atoms with Crippen molar-refractivity contribution in [2.45, 2.75) is 6.92 Å². The first-order valence-electron chi connectivity index (χ1n) is 5.51. The monoisotopic (exact) mass is 284 g/mol. The fourth-order valence-electron chi connectivity index (χ4n) is 1.94. The number of carboxylic acid groups (broad SMARTS) is 1. The zero-order valence-corrected chi connectivity index (χ0v) is 10.2. The van der Waals surface area contributed by atoms with Crippen molar-refractivity contribution in [1.82, 2.24) is 0 Å². The maximum absolute atomic E-state index is 13.9. The van der Waals surface area contributed by atoms with Gasteiger partial charge in [0.2, 0.25) is 0 Å². The van der Waals surface area contributed by atoms with Crippen LogP contribution in [-0.4, -0.2) is 11.1 Å². The topological polar surface area (TPSA) is 37.3 Å². The van der Waals surface area contributed by atoms with Crippen molar-refractivity contribution in [3.8, 4) is 11.1 Å². The standard InChI is InChI=1S/C14H8F4O2/c1-6-4-2-3-5-7(6)8-9(14(19)20)11(16)13(18)12(17)10(8)15/h2-5H,1H3,(H,19,20). The van der Waals surface area contributed by atoms with Gasteiger partial charge in [-0.25, -0.2) is 22.4 Å². The molecule has 0 spiro atoms. The Morgan fingerprint density at radius 1 is 0.950 bits per heavy atom. The number of halogens is 4. The summed E-state index contributed by atoms with van der Waals surface area (Å²) < 4.78 is 54.0. The third kappa shape index (κ3) is 2.03. The van der Waals surface area contributed by atoms with E-state index in [1.807, 2.05) is 0 Å². The molecule has 2 aromatic rings. The van der Waals surface area contributed by atoms with Crippen LogP contribution in [0.2, 0.25) is 0 Å². The van der Waals surface area contributed by atoms with Crippen LogP contribution in [0.4, 0.5) is 17.6 Å². The summed E-state index contributed by atoms with van der Waals surface area (Å²) in [6.07, 6.45) is 0. The van der Waals surface area contributed by atoms with E-state index in [9.17, 15) is 22.4 Å². The quantitative estimate of drug-likeness (QED) is 0.515. The average molecular weight is 284 g/mol. The molecule has 1 N–H and O–H groups in total. The Kier molecular flexibility index (Phi) is 3.48. The van der Waals surface area contributed by atoms with E-state index in [0.717, 1.165) is 0 Å². The molecular formula is C14H8F4O2. The molecule has 2 nitrogen and oxygen atoms in total. The average Bonchev–Trinajstić information content (AvgIpc) is 2.41. The van der Waals surface area contributed by atoms with Gasteiger partial charge in [-0.1, -0.05) is 24.3 Å². The minimum absolute atomic E-state index is 0.0137. The van der Waals surface area contributed by atoms with Crippen molar-refractivity contribution in [3.63, 3.8) is 0 Å². The van der Waals surface area contributed by atoms with Crippen LogP contribution in [0.15, 0.2) is 24.3 Å². The number of rotatable bonds is 2. The van der Waals surface area contributed by atoms with Gasteiger partial charge in [-0.3, -0.25) is 0 Å². The van der Waals surface area contributed by atoms with E-state index in [0.29, 0.717) is 5.56 Å². The normalized spacial score (nSPS) is 10.7. The molecule has 0 atom stereocenters. The molecule has 0 aliphatic rings. The van der Waals surface area contributed by atoms with Crippen LogP contribution in [0, 0.1) is 30.2 Å². The molecule has 2 rings (SSSR count). The minimum atomic E-state index is -2.14. The lowest BCUT2D eigenvalue weighted by molar-refractivity contribution is 0.0690. The first-order chi connectivity index (χ1) is 9.36. The van der Waals surface area contributed by atoms with Gasteiger partial charge in [0, 0.05) is 5.56 Å². The third-order valence-electron chi connectivity index (χ3n) is 2.90. The number of carbonyl (C=O) groups is 1. The molecule has 104 valence electrons. The van der Waals surface area contributed by atoms with E-state index in [4.69, 9.17) is 5.11 Å². The Labute approximate surface area is 111 Å². The van der Waals surface area contributed by atoms with Gasteiger partial charge in [0.15, 0.2) is 23.3 Å². The second kappa shape index (κ2) is 4.96. The lowest BCUT2D eigenvalue weighted by Crippen LogP contribution is -2.11.